The van der Waals surface area contributed by atoms with E-state index >= 15 is 0 Å². The first kappa shape index (κ1) is 18.4. The smallest absolute Gasteiger partial charge is 0.205 e. The van der Waals surface area contributed by atoms with E-state index in [1.54, 1.807) is 7.11 Å². The van der Waals surface area contributed by atoms with Gasteiger partial charge in [-0.25, -0.2) is 4.98 Å². The van der Waals surface area contributed by atoms with Crippen LogP contribution in [0.4, 0.5) is 5.13 Å². The van der Waals surface area contributed by atoms with Gasteiger partial charge in [0.05, 0.1) is 0 Å². The Morgan fingerprint density at radius 1 is 1.32 bits per heavy atom. The van der Waals surface area contributed by atoms with Crippen molar-refractivity contribution in [1.82, 2.24) is 19.6 Å². The number of aliphatic imine (C=N–C) groups is 1. The molecule has 0 radical (unpaired) electrons. The molecule has 2 heterocycles. The number of nitrogens with zero attached hydrogens (tertiary/aromatic N) is 5. The van der Waals surface area contributed by atoms with Gasteiger partial charge in [0, 0.05) is 71.4 Å². The van der Waals surface area contributed by atoms with Crippen molar-refractivity contribution in [3.63, 3.8) is 0 Å². The Hall–Kier alpha value is -1.41. The summed E-state index contributed by atoms with van der Waals surface area (Å²) in [5.41, 5.74) is 0.427. The van der Waals surface area contributed by atoms with Crippen LogP contribution in [0.25, 0.3) is 0 Å². The molecule has 1 aromatic rings. The van der Waals surface area contributed by atoms with Gasteiger partial charge in [0.1, 0.15) is 5.82 Å². The Balaban J connectivity index is 1.47. The molecule has 8 heteroatoms. The van der Waals surface area contributed by atoms with Crippen LogP contribution in [0.3, 0.4) is 0 Å². The summed E-state index contributed by atoms with van der Waals surface area (Å²) in [6.45, 7) is 7.80. The van der Waals surface area contributed by atoms with Gasteiger partial charge in [0.2, 0.25) is 5.13 Å². The molecule has 1 aliphatic carbocycles. The number of rotatable bonds is 7. The summed E-state index contributed by atoms with van der Waals surface area (Å²) >= 11 is 1.51. The molecule has 0 spiro atoms. The van der Waals surface area contributed by atoms with Crippen LogP contribution < -0.4 is 10.2 Å². The zero-order valence-corrected chi connectivity index (χ0v) is 16.4. The molecular formula is C17H30N6OS. The Bertz CT molecular complexity index is 577. The first-order chi connectivity index (χ1) is 12.2. The van der Waals surface area contributed by atoms with Gasteiger partial charge in [-0.3, -0.25) is 4.99 Å². The lowest BCUT2D eigenvalue weighted by molar-refractivity contribution is 0.172. The van der Waals surface area contributed by atoms with E-state index < -0.39 is 0 Å². The topological polar surface area (TPSA) is 65.9 Å². The van der Waals surface area contributed by atoms with Crippen molar-refractivity contribution in [2.75, 3.05) is 58.4 Å². The van der Waals surface area contributed by atoms with Crippen molar-refractivity contribution in [2.24, 2.45) is 10.4 Å². The quantitative estimate of drug-likeness (QED) is 0.584. The van der Waals surface area contributed by atoms with E-state index in [0.29, 0.717) is 5.41 Å². The van der Waals surface area contributed by atoms with Crippen LogP contribution in [-0.2, 0) is 11.2 Å². The van der Waals surface area contributed by atoms with Crippen molar-refractivity contribution >= 4 is 22.6 Å². The molecular weight excluding hydrogens is 336 g/mol. The highest BCUT2D eigenvalue weighted by Gasteiger charge is 2.42. The fourth-order valence-corrected chi connectivity index (χ4v) is 4.04. The number of ether oxygens (including phenoxy) is 1. The predicted molar refractivity (Wildman–Crippen MR) is 103 cm³/mol. The lowest BCUT2D eigenvalue weighted by atomic mass is 10.0. The first-order valence-corrected chi connectivity index (χ1v) is 9.99. The monoisotopic (exact) mass is 366 g/mol. The fraction of sp³-hybridized carbons (Fsp3) is 0.824. The van der Waals surface area contributed by atoms with Gasteiger partial charge in [-0.1, -0.05) is 6.92 Å². The zero-order chi connectivity index (χ0) is 17.7. The van der Waals surface area contributed by atoms with Crippen molar-refractivity contribution < 1.29 is 4.74 Å². The van der Waals surface area contributed by atoms with Crippen molar-refractivity contribution in [3.8, 4) is 0 Å². The van der Waals surface area contributed by atoms with Crippen molar-refractivity contribution in [2.45, 2.75) is 32.6 Å². The van der Waals surface area contributed by atoms with E-state index in [1.165, 1.54) is 24.4 Å². The molecule has 7 nitrogen and oxygen atoms in total. The van der Waals surface area contributed by atoms with Crippen molar-refractivity contribution in [1.29, 1.82) is 0 Å². The molecule has 0 bridgehead atoms. The second-order valence-corrected chi connectivity index (χ2v) is 7.69. The van der Waals surface area contributed by atoms with E-state index in [0.717, 1.165) is 69.1 Å². The van der Waals surface area contributed by atoms with Crippen LogP contribution in [-0.4, -0.2) is 73.7 Å². The summed E-state index contributed by atoms with van der Waals surface area (Å²) in [7, 11) is 3.66. The SMILES string of the molecule is CCc1nsc(N2CCN(C(=NC)NCC3(CCOC)CC3)CC2)n1. The molecule has 2 fully saturated rings. The molecule has 1 saturated carbocycles. The summed E-state index contributed by atoms with van der Waals surface area (Å²) in [5, 5.41) is 4.65. The summed E-state index contributed by atoms with van der Waals surface area (Å²) in [6, 6.07) is 0. The van der Waals surface area contributed by atoms with Crippen LogP contribution in [0, 0.1) is 5.41 Å². The molecule has 1 saturated heterocycles. The average Bonchev–Trinajstić information content (AvgIpc) is 3.26. The minimum atomic E-state index is 0.427. The number of aromatic nitrogens is 2. The normalized spacial score (nSPS) is 20.0. The van der Waals surface area contributed by atoms with Crippen LogP contribution in [0.15, 0.2) is 4.99 Å². The van der Waals surface area contributed by atoms with Crippen LogP contribution >= 0.6 is 11.5 Å². The van der Waals surface area contributed by atoms with Crippen LogP contribution in [0.5, 0.6) is 0 Å². The maximum absolute atomic E-state index is 5.25. The van der Waals surface area contributed by atoms with Gasteiger partial charge in [0.15, 0.2) is 5.96 Å². The third-order valence-electron chi connectivity index (χ3n) is 5.25. The molecule has 25 heavy (non-hydrogen) atoms. The highest BCUT2D eigenvalue weighted by molar-refractivity contribution is 7.09. The van der Waals surface area contributed by atoms with E-state index in [1.807, 2.05) is 7.05 Å². The summed E-state index contributed by atoms with van der Waals surface area (Å²) < 4.78 is 9.64. The highest BCUT2D eigenvalue weighted by atomic mass is 32.1. The van der Waals surface area contributed by atoms with Gasteiger partial charge in [-0.05, 0) is 24.7 Å². The number of hydrogen-bond donors (Lipinski definition) is 1. The van der Waals surface area contributed by atoms with E-state index in [-0.39, 0.29) is 0 Å². The molecule has 140 valence electrons. The number of piperazine rings is 1. The minimum Gasteiger partial charge on any atom is -0.385 e. The number of guanidine groups is 1. The number of aryl methyl sites for hydroxylation is 1. The molecule has 3 rings (SSSR count). The number of hydrogen-bond acceptors (Lipinski definition) is 6. The number of methoxy groups -OCH3 is 1. The predicted octanol–water partition coefficient (Wildman–Crippen LogP) is 1.61. The van der Waals surface area contributed by atoms with Crippen molar-refractivity contribution in [3.05, 3.63) is 5.82 Å². The largest absolute Gasteiger partial charge is 0.385 e. The van der Waals surface area contributed by atoms with E-state index in [9.17, 15) is 0 Å². The zero-order valence-electron chi connectivity index (χ0n) is 15.6. The Morgan fingerprint density at radius 3 is 2.64 bits per heavy atom. The maximum Gasteiger partial charge on any atom is 0.205 e. The summed E-state index contributed by atoms with van der Waals surface area (Å²) in [4.78, 5) is 13.8. The maximum atomic E-state index is 5.25. The third kappa shape index (κ3) is 4.61. The lowest BCUT2D eigenvalue weighted by Crippen LogP contribution is -2.53. The number of anilines is 1. The molecule has 0 amide bonds. The summed E-state index contributed by atoms with van der Waals surface area (Å²) in [6.07, 6.45) is 4.63. The molecule has 0 unspecified atom stereocenters. The van der Waals surface area contributed by atoms with Gasteiger partial charge < -0.3 is 19.9 Å². The highest BCUT2D eigenvalue weighted by Crippen LogP contribution is 2.48. The molecule has 0 atom stereocenters. The minimum absolute atomic E-state index is 0.427. The van der Waals surface area contributed by atoms with E-state index in [4.69, 9.17) is 4.74 Å². The Labute approximate surface area is 154 Å². The standard InChI is InChI=1S/C17H30N6OS/c1-4-14-20-16(25-21-14)23-10-8-22(9-11-23)15(18-2)19-13-17(5-6-17)7-12-24-3/h4-13H2,1-3H3,(H,18,19). The fourth-order valence-electron chi connectivity index (χ4n) is 3.24. The van der Waals surface area contributed by atoms with Crippen LogP contribution in [0.2, 0.25) is 0 Å². The molecule has 1 aliphatic heterocycles. The first-order valence-electron chi connectivity index (χ1n) is 9.22. The average molecular weight is 367 g/mol. The van der Waals surface area contributed by atoms with E-state index in [2.05, 4.69) is 36.4 Å². The van der Waals surface area contributed by atoms with Gasteiger partial charge >= 0.3 is 0 Å². The molecule has 1 aromatic heterocycles. The summed E-state index contributed by atoms with van der Waals surface area (Å²) in [5.74, 6) is 1.97. The lowest BCUT2D eigenvalue weighted by Gasteiger charge is -2.36. The van der Waals surface area contributed by atoms with Gasteiger partial charge in [-0.15, -0.1) is 0 Å². The third-order valence-corrected chi connectivity index (χ3v) is 6.07. The van der Waals surface area contributed by atoms with Gasteiger partial charge in [-0.2, -0.15) is 4.37 Å². The number of nitrogens with one attached hydrogen (secondary N) is 1. The Morgan fingerprint density at radius 2 is 2.08 bits per heavy atom. The molecule has 0 aromatic carbocycles. The van der Waals surface area contributed by atoms with Gasteiger partial charge in [0.25, 0.3) is 0 Å². The Kier molecular flexibility index (Phi) is 6.11. The second kappa shape index (κ2) is 8.31. The molecule has 1 N–H and O–H groups in total. The second-order valence-electron chi connectivity index (χ2n) is 6.96. The van der Waals surface area contributed by atoms with Crippen LogP contribution in [0.1, 0.15) is 32.0 Å². The molecule has 2 aliphatic rings.